The molecule has 0 aliphatic rings. The molecule has 15 aromatic rings. The van der Waals surface area contributed by atoms with Crippen LogP contribution < -0.4 is 0 Å². The number of benzene rings is 12. The van der Waals surface area contributed by atoms with Crippen LogP contribution in [0.25, 0.3) is 149 Å². The number of para-hydroxylation sites is 1. The van der Waals surface area contributed by atoms with Crippen LogP contribution in [0.2, 0.25) is 0 Å². The molecule has 0 N–H and O–H groups in total. The van der Waals surface area contributed by atoms with E-state index < -0.39 is 0 Å². The highest BCUT2D eigenvalue weighted by Gasteiger charge is 2.24. The Morgan fingerprint density at radius 1 is 0.286 bits per heavy atom. The van der Waals surface area contributed by atoms with Crippen molar-refractivity contribution in [3.05, 3.63) is 231 Å². The van der Waals surface area contributed by atoms with Crippen molar-refractivity contribution in [1.82, 2.24) is 19.5 Å². The fourth-order valence-corrected chi connectivity index (χ4v) is 11.3. The fourth-order valence-electron chi connectivity index (χ4n) is 11.3. The molecule has 0 spiro atoms. The second-order valence-electron chi connectivity index (χ2n) is 18.2. The largest absolute Gasteiger partial charge is 0.456 e. The molecule has 5 heteroatoms. The van der Waals surface area contributed by atoms with E-state index in [4.69, 9.17) is 19.4 Å². The lowest BCUT2D eigenvalue weighted by molar-refractivity contribution is 0.669. The zero-order valence-corrected chi connectivity index (χ0v) is 37.6. The highest BCUT2D eigenvalue weighted by atomic mass is 16.3. The first-order chi connectivity index (χ1) is 34.7. The van der Waals surface area contributed by atoms with Crippen LogP contribution in [0.5, 0.6) is 0 Å². The van der Waals surface area contributed by atoms with Crippen molar-refractivity contribution in [2.45, 2.75) is 0 Å². The molecule has 15 rings (SSSR count). The average Bonchev–Trinajstić information content (AvgIpc) is 3.98. The van der Waals surface area contributed by atoms with Gasteiger partial charge in [-0.25, -0.2) is 15.0 Å². The molecule has 0 aliphatic carbocycles. The number of aromatic nitrogens is 4. The van der Waals surface area contributed by atoms with E-state index in [1.165, 1.54) is 37.7 Å². The fraction of sp³-hybridized carbons (Fsp3) is 0. The first-order valence-electron chi connectivity index (χ1n) is 23.8. The summed E-state index contributed by atoms with van der Waals surface area (Å²) in [5.74, 6) is 1.79. The number of hydrogen-bond acceptors (Lipinski definition) is 4. The Labute approximate surface area is 401 Å². The molecule has 12 aromatic carbocycles. The van der Waals surface area contributed by atoms with Gasteiger partial charge in [-0.1, -0.05) is 182 Å². The number of rotatable bonds is 5. The van der Waals surface area contributed by atoms with E-state index in [1.807, 2.05) is 18.2 Å². The van der Waals surface area contributed by atoms with Crippen LogP contribution in [0.4, 0.5) is 0 Å². The molecule has 0 fully saturated rings. The van der Waals surface area contributed by atoms with Crippen molar-refractivity contribution in [1.29, 1.82) is 0 Å². The molecule has 3 aromatic heterocycles. The van der Waals surface area contributed by atoms with E-state index in [2.05, 4.69) is 217 Å². The molecule has 0 saturated heterocycles. The highest BCUT2D eigenvalue weighted by Crippen LogP contribution is 2.46. The number of nitrogens with zero attached hydrogens (tertiary/aromatic N) is 4. The normalized spacial score (nSPS) is 12.0. The van der Waals surface area contributed by atoms with Crippen molar-refractivity contribution >= 4 is 97.6 Å². The van der Waals surface area contributed by atoms with E-state index in [1.54, 1.807) is 0 Å². The maximum absolute atomic E-state index is 6.74. The van der Waals surface area contributed by atoms with E-state index in [0.717, 1.165) is 93.4 Å². The molecule has 0 atom stereocenters. The predicted molar refractivity (Wildman–Crippen MR) is 291 cm³/mol. The summed E-state index contributed by atoms with van der Waals surface area (Å²) >= 11 is 0. The van der Waals surface area contributed by atoms with Crippen LogP contribution in [0.3, 0.4) is 0 Å². The second kappa shape index (κ2) is 15.0. The van der Waals surface area contributed by atoms with Gasteiger partial charge in [0.15, 0.2) is 17.5 Å². The van der Waals surface area contributed by atoms with Gasteiger partial charge in [-0.3, -0.25) is 0 Å². The Kier molecular flexibility index (Phi) is 8.29. The molecule has 0 unspecified atom stereocenters. The molecule has 0 saturated carbocycles. The van der Waals surface area contributed by atoms with Crippen LogP contribution in [0, 0.1) is 0 Å². The summed E-state index contributed by atoms with van der Waals surface area (Å²) < 4.78 is 9.15. The van der Waals surface area contributed by atoms with Crippen LogP contribution >= 0.6 is 0 Å². The van der Waals surface area contributed by atoms with E-state index in [9.17, 15) is 0 Å². The second-order valence-corrected chi connectivity index (χ2v) is 18.2. The minimum Gasteiger partial charge on any atom is -0.456 e. The van der Waals surface area contributed by atoms with Gasteiger partial charge in [0.1, 0.15) is 11.2 Å². The maximum Gasteiger partial charge on any atom is 0.164 e. The highest BCUT2D eigenvalue weighted by molar-refractivity contribution is 6.28. The Balaban J connectivity index is 1.06. The molecule has 70 heavy (non-hydrogen) atoms. The third-order valence-electron chi connectivity index (χ3n) is 14.4. The van der Waals surface area contributed by atoms with Gasteiger partial charge < -0.3 is 8.98 Å². The SMILES string of the molecule is c1ccc(-c2nc(-c3ccc(-n4c5ccccc5c5cc6ccccc6cc54)cc3-c3cccc4oc5ccc6ccccc6c5c34)nc(-c3cccc4c5ccccc5c5ccccc5c34)n2)cc1. The molecule has 0 aliphatic heterocycles. The minimum absolute atomic E-state index is 0.579. The summed E-state index contributed by atoms with van der Waals surface area (Å²) in [5, 5.41) is 16.3. The Morgan fingerprint density at radius 3 is 1.64 bits per heavy atom. The molecule has 0 radical (unpaired) electrons. The van der Waals surface area contributed by atoms with Gasteiger partial charge in [-0.2, -0.15) is 0 Å². The zero-order valence-electron chi connectivity index (χ0n) is 37.6. The predicted octanol–water partition coefficient (Wildman–Crippen LogP) is 17.3. The number of fused-ring (bicyclic) bond motifs is 15. The van der Waals surface area contributed by atoms with Crippen LogP contribution in [0.1, 0.15) is 0 Å². The molecular formula is C65H38N4O. The van der Waals surface area contributed by atoms with E-state index in [0.29, 0.717) is 17.5 Å². The minimum atomic E-state index is 0.579. The zero-order chi connectivity index (χ0) is 45.9. The first kappa shape index (κ1) is 38.6. The Hall–Kier alpha value is -9.45. The van der Waals surface area contributed by atoms with Gasteiger partial charge in [-0.15, -0.1) is 0 Å². The number of furan rings is 1. The maximum atomic E-state index is 6.74. The van der Waals surface area contributed by atoms with Crippen molar-refractivity contribution in [2.75, 3.05) is 0 Å². The Bertz CT molecular complexity index is 4620. The van der Waals surface area contributed by atoms with Gasteiger partial charge in [0.2, 0.25) is 0 Å². The summed E-state index contributed by atoms with van der Waals surface area (Å²) in [7, 11) is 0. The summed E-state index contributed by atoms with van der Waals surface area (Å²) in [5.41, 5.74) is 9.72. The monoisotopic (exact) mass is 890 g/mol. The average molecular weight is 891 g/mol. The van der Waals surface area contributed by atoms with Crippen LogP contribution in [-0.4, -0.2) is 19.5 Å². The van der Waals surface area contributed by atoms with Crippen molar-refractivity contribution in [3.8, 4) is 51.0 Å². The molecular weight excluding hydrogens is 853 g/mol. The quantitative estimate of drug-likeness (QED) is 0.162. The van der Waals surface area contributed by atoms with Gasteiger partial charge >= 0.3 is 0 Å². The van der Waals surface area contributed by atoms with Crippen molar-refractivity contribution in [2.24, 2.45) is 0 Å². The third-order valence-corrected chi connectivity index (χ3v) is 14.4. The summed E-state index contributed by atoms with van der Waals surface area (Å²) in [6.07, 6.45) is 0. The smallest absolute Gasteiger partial charge is 0.164 e. The first-order valence-corrected chi connectivity index (χ1v) is 23.8. The molecule has 0 bridgehead atoms. The summed E-state index contributed by atoms with van der Waals surface area (Å²) in [6.45, 7) is 0. The van der Waals surface area contributed by atoms with Gasteiger partial charge in [0, 0.05) is 49.3 Å². The molecule has 3 heterocycles. The number of hydrogen-bond donors (Lipinski definition) is 0. The topological polar surface area (TPSA) is 56.7 Å². The van der Waals surface area contributed by atoms with Gasteiger partial charge in [0.05, 0.1) is 11.0 Å². The van der Waals surface area contributed by atoms with E-state index >= 15 is 0 Å². The third kappa shape index (κ3) is 5.76. The van der Waals surface area contributed by atoms with Crippen LogP contribution in [0.15, 0.2) is 235 Å². The van der Waals surface area contributed by atoms with E-state index in [-0.39, 0.29) is 0 Å². The summed E-state index contributed by atoms with van der Waals surface area (Å²) in [4.78, 5) is 16.4. The molecule has 324 valence electrons. The lowest BCUT2D eigenvalue weighted by Gasteiger charge is -2.17. The summed E-state index contributed by atoms with van der Waals surface area (Å²) in [6, 6.07) is 82.2. The standard InChI is InChI=1S/C65H38N4O/c1-2-17-40(18-3-1)63-66-64(68-65(67-63)53-29-14-27-50-47-23-9-8-22-45(47)46-24-10-11-26-49(46)60(50)53)52-34-33-43(69-56-30-13-12-25-48(56)55-36-41-19-4-5-20-42(41)37-57(55)69)38-54(52)51-28-15-31-58-62(51)61-44-21-7-6-16-39(44)32-35-59(61)70-58/h1-38H. The van der Waals surface area contributed by atoms with Crippen molar-refractivity contribution in [3.63, 3.8) is 0 Å². The van der Waals surface area contributed by atoms with Crippen molar-refractivity contribution < 1.29 is 4.42 Å². The molecule has 5 nitrogen and oxygen atoms in total. The Morgan fingerprint density at radius 2 is 0.857 bits per heavy atom. The van der Waals surface area contributed by atoms with Gasteiger partial charge in [0.25, 0.3) is 0 Å². The molecule has 0 amide bonds. The lowest BCUT2D eigenvalue weighted by Crippen LogP contribution is -2.03. The van der Waals surface area contributed by atoms with Gasteiger partial charge in [-0.05, 0) is 108 Å². The van der Waals surface area contributed by atoms with Crippen LogP contribution in [-0.2, 0) is 0 Å². The lowest BCUT2D eigenvalue weighted by atomic mass is 9.91.